The number of nitro benzene ring substituents is 1. The number of thioether (sulfide) groups is 1. The van der Waals surface area contributed by atoms with Crippen molar-refractivity contribution in [1.29, 1.82) is 0 Å². The van der Waals surface area contributed by atoms with E-state index >= 15 is 0 Å². The van der Waals surface area contributed by atoms with Crippen LogP contribution in [0.3, 0.4) is 0 Å². The van der Waals surface area contributed by atoms with Gasteiger partial charge >= 0.3 is 0 Å². The van der Waals surface area contributed by atoms with Crippen LogP contribution in [0.15, 0.2) is 47.6 Å². The van der Waals surface area contributed by atoms with Gasteiger partial charge in [0.1, 0.15) is 5.75 Å². The molecule has 0 aliphatic rings. The minimum absolute atomic E-state index is 0.0450. The number of ether oxygens (including phenoxy) is 1. The van der Waals surface area contributed by atoms with Gasteiger partial charge < -0.3 is 14.6 Å². The Hall–Kier alpha value is -2.82. The predicted octanol–water partition coefficient (Wildman–Crippen LogP) is 5.38. The molecule has 3 rings (SSSR count). The second-order valence-corrected chi connectivity index (χ2v) is 8.35. The summed E-state index contributed by atoms with van der Waals surface area (Å²) in [5, 5.41) is 23.3. The van der Waals surface area contributed by atoms with Crippen molar-refractivity contribution in [3.05, 3.63) is 68.4 Å². The summed E-state index contributed by atoms with van der Waals surface area (Å²) in [4.78, 5) is 22.5. The lowest BCUT2D eigenvalue weighted by Crippen LogP contribution is -2.15. The van der Waals surface area contributed by atoms with Gasteiger partial charge in [-0.2, -0.15) is 0 Å². The van der Waals surface area contributed by atoms with Crippen LogP contribution in [0, 0.1) is 10.1 Å². The number of nitrogens with one attached hydrogen (secondary N) is 1. The van der Waals surface area contributed by atoms with Gasteiger partial charge in [-0.15, -0.1) is 10.2 Å². The molecule has 0 bridgehead atoms. The highest BCUT2D eigenvalue weighted by atomic mass is 35.5. The van der Waals surface area contributed by atoms with E-state index in [1.807, 2.05) is 18.4 Å². The fourth-order valence-electron chi connectivity index (χ4n) is 2.81. The van der Waals surface area contributed by atoms with Crippen molar-refractivity contribution in [2.45, 2.75) is 31.7 Å². The highest BCUT2D eigenvalue weighted by Crippen LogP contribution is 2.32. The SMILES string of the molecule is CCn1c(SCC(=O)Nc2ccc([N+](=O)[O-])cc2)nnc1C(C)Oc1cc(Cl)ccc1Cl. The Labute approximate surface area is 198 Å². The fourth-order valence-corrected chi connectivity index (χ4v) is 3.94. The molecular weight excluding hydrogens is 477 g/mol. The van der Waals surface area contributed by atoms with E-state index in [1.165, 1.54) is 36.0 Å². The molecule has 0 spiro atoms. The van der Waals surface area contributed by atoms with E-state index in [0.29, 0.717) is 39.0 Å². The summed E-state index contributed by atoms with van der Waals surface area (Å²) < 4.78 is 7.78. The predicted molar refractivity (Wildman–Crippen MR) is 124 cm³/mol. The van der Waals surface area contributed by atoms with Crippen molar-refractivity contribution in [1.82, 2.24) is 14.8 Å². The van der Waals surface area contributed by atoms with Crippen LogP contribution in [0.25, 0.3) is 0 Å². The maximum Gasteiger partial charge on any atom is 0.269 e. The Morgan fingerprint density at radius 1 is 1.25 bits per heavy atom. The van der Waals surface area contributed by atoms with Crippen molar-refractivity contribution < 1.29 is 14.5 Å². The summed E-state index contributed by atoms with van der Waals surface area (Å²) in [6.07, 6.45) is -0.457. The minimum atomic E-state index is -0.498. The molecule has 9 nitrogen and oxygen atoms in total. The fraction of sp³-hybridized carbons (Fsp3) is 0.250. The number of carbonyl (C=O) groups is 1. The Kier molecular flexibility index (Phi) is 7.94. The van der Waals surface area contributed by atoms with Crippen LogP contribution in [-0.2, 0) is 11.3 Å². The summed E-state index contributed by atoms with van der Waals surface area (Å²) in [7, 11) is 0. The summed E-state index contributed by atoms with van der Waals surface area (Å²) in [5.74, 6) is 0.840. The van der Waals surface area contributed by atoms with E-state index in [0.717, 1.165) is 0 Å². The Morgan fingerprint density at radius 2 is 1.97 bits per heavy atom. The van der Waals surface area contributed by atoms with Crippen LogP contribution in [0.1, 0.15) is 25.8 Å². The zero-order valence-electron chi connectivity index (χ0n) is 17.1. The second-order valence-electron chi connectivity index (χ2n) is 6.56. The molecule has 2 aromatic carbocycles. The first-order valence-electron chi connectivity index (χ1n) is 9.50. The minimum Gasteiger partial charge on any atom is -0.481 e. The zero-order chi connectivity index (χ0) is 23.3. The van der Waals surface area contributed by atoms with E-state index < -0.39 is 11.0 Å². The lowest BCUT2D eigenvalue weighted by Gasteiger charge is -2.16. The quantitative estimate of drug-likeness (QED) is 0.240. The third kappa shape index (κ3) is 5.90. The average molecular weight is 496 g/mol. The third-order valence-electron chi connectivity index (χ3n) is 4.32. The Morgan fingerprint density at radius 3 is 2.62 bits per heavy atom. The molecule has 1 aromatic heterocycles. The van der Waals surface area contributed by atoms with Crippen LogP contribution >= 0.6 is 35.0 Å². The van der Waals surface area contributed by atoms with Gasteiger partial charge in [0.2, 0.25) is 5.91 Å². The summed E-state index contributed by atoms with van der Waals surface area (Å²) in [6, 6.07) is 10.6. The normalized spacial score (nSPS) is 11.8. The summed E-state index contributed by atoms with van der Waals surface area (Å²) >= 11 is 13.4. The molecule has 0 radical (unpaired) electrons. The number of aromatic nitrogens is 3. The molecule has 1 N–H and O–H groups in total. The molecule has 1 heterocycles. The van der Waals surface area contributed by atoms with Gasteiger partial charge in [0.05, 0.1) is 15.7 Å². The lowest BCUT2D eigenvalue weighted by molar-refractivity contribution is -0.384. The monoisotopic (exact) mass is 495 g/mol. The molecule has 0 saturated carbocycles. The van der Waals surface area contributed by atoms with Crippen molar-refractivity contribution >= 4 is 52.2 Å². The molecule has 0 saturated heterocycles. The van der Waals surface area contributed by atoms with Crippen LogP contribution in [0.4, 0.5) is 11.4 Å². The number of nitrogens with zero attached hydrogens (tertiary/aromatic N) is 4. The average Bonchev–Trinajstić information content (AvgIpc) is 3.18. The summed E-state index contributed by atoms with van der Waals surface area (Å²) in [6.45, 7) is 4.34. The number of nitro groups is 1. The van der Waals surface area contributed by atoms with Crippen molar-refractivity contribution in [2.24, 2.45) is 0 Å². The van der Waals surface area contributed by atoms with Crippen LogP contribution < -0.4 is 10.1 Å². The summed E-state index contributed by atoms with van der Waals surface area (Å²) in [5.41, 5.74) is 0.427. The molecule has 0 aliphatic heterocycles. The van der Waals surface area contributed by atoms with Crippen molar-refractivity contribution in [3.63, 3.8) is 0 Å². The Balaban J connectivity index is 1.63. The van der Waals surface area contributed by atoms with Crippen molar-refractivity contribution in [2.75, 3.05) is 11.1 Å². The van der Waals surface area contributed by atoms with Crippen LogP contribution in [0.2, 0.25) is 10.0 Å². The molecule has 12 heteroatoms. The number of rotatable bonds is 9. The number of carbonyl (C=O) groups excluding carboxylic acids is 1. The van der Waals surface area contributed by atoms with Gasteiger partial charge in [-0.1, -0.05) is 35.0 Å². The smallest absolute Gasteiger partial charge is 0.269 e. The van der Waals surface area contributed by atoms with E-state index in [1.54, 1.807) is 18.2 Å². The van der Waals surface area contributed by atoms with Gasteiger partial charge in [0.15, 0.2) is 17.1 Å². The number of hydrogen-bond donors (Lipinski definition) is 1. The first kappa shape index (κ1) is 23.8. The first-order valence-corrected chi connectivity index (χ1v) is 11.2. The second kappa shape index (κ2) is 10.7. The highest BCUT2D eigenvalue weighted by Gasteiger charge is 2.20. The van der Waals surface area contributed by atoms with E-state index in [2.05, 4.69) is 15.5 Å². The molecule has 32 heavy (non-hydrogen) atoms. The number of amides is 1. The van der Waals surface area contributed by atoms with Gasteiger partial charge in [0, 0.05) is 35.5 Å². The number of non-ortho nitro benzene ring substituents is 1. The highest BCUT2D eigenvalue weighted by molar-refractivity contribution is 7.99. The number of anilines is 1. The van der Waals surface area contributed by atoms with Crippen molar-refractivity contribution in [3.8, 4) is 5.75 Å². The molecular formula is C20H19Cl2N5O4S. The van der Waals surface area contributed by atoms with Gasteiger partial charge in [-0.25, -0.2) is 0 Å². The maximum absolute atomic E-state index is 12.3. The van der Waals surface area contributed by atoms with E-state index in [-0.39, 0.29) is 17.3 Å². The first-order chi connectivity index (χ1) is 15.3. The number of hydrogen-bond acceptors (Lipinski definition) is 7. The number of halogens is 2. The molecule has 3 aromatic rings. The lowest BCUT2D eigenvalue weighted by atomic mass is 10.3. The van der Waals surface area contributed by atoms with Gasteiger partial charge in [-0.3, -0.25) is 14.9 Å². The standard InChI is InChI=1S/C20H19Cl2N5O4S/c1-3-26-19(12(2)31-17-10-13(21)4-9-16(17)22)24-25-20(26)32-11-18(28)23-14-5-7-15(8-6-14)27(29)30/h4-10,12H,3,11H2,1-2H3,(H,23,28). The van der Waals surface area contributed by atoms with Crippen LogP contribution in [-0.4, -0.2) is 31.3 Å². The molecule has 0 aliphatic carbocycles. The largest absolute Gasteiger partial charge is 0.481 e. The van der Waals surface area contributed by atoms with E-state index in [4.69, 9.17) is 27.9 Å². The van der Waals surface area contributed by atoms with Gasteiger partial charge in [0.25, 0.3) is 5.69 Å². The Bertz CT molecular complexity index is 1120. The van der Waals surface area contributed by atoms with Gasteiger partial charge in [-0.05, 0) is 38.1 Å². The molecule has 1 amide bonds. The maximum atomic E-state index is 12.3. The molecule has 1 atom stereocenters. The van der Waals surface area contributed by atoms with E-state index in [9.17, 15) is 14.9 Å². The molecule has 0 fully saturated rings. The number of benzene rings is 2. The van der Waals surface area contributed by atoms with Crippen LogP contribution in [0.5, 0.6) is 5.75 Å². The molecule has 1 unspecified atom stereocenters. The molecule has 168 valence electrons. The zero-order valence-corrected chi connectivity index (χ0v) is 19.4. The third-order valence-corrected chi connectivity index (χ3v) is 5.83. The topological polar surface area (TPSA) is 112 Å².